The molecule has 0 rings (SSSR count). The third-order valence-electron chi connectivity index (χ3n) is 2.59. The fourth-order valence-corrected chi connectivity index (χ4v) is 2.21. The van der Waals surface area contributed by atoms with Gasteiger partial charge in [-0.1, -0.05) is 6.58 Å². The lowest BCUT2D eigenvalue weighted by atomic mass is 10.3. The van der Waals surface area contributed by atoms with Gasteiger partial charge in [0.15, 0.2) is 0 Å². The summed E-state index contributed by atoms with van der Waals surface area (Å²) in [4.78, 5) is 22.5. The van der Waals surface area contributed by atoms with Crippen LogP contribution in [-0.4, -0.2) is 58.0 Å². The van der Waals surface area contributed by atoms with Crippen molar-refractivity contribution in [2.75, 3.05) is 47.5 Å². The van der Waals surface area contributed by atoms with E-state index in [2.05, 4.69) is 32.2 Å². The van der Waals surface area contributed by atoms with Crippen LogP contribution in [0.2, 0.25) is 0 Å². The van der Waals surface area contributed by atoms with Gasteiger partial charge in [-0.15, -0.1) is 0 Å². The highest BCUT2D eigenvalue weighted by Gasteiger charge is 2.11. The van der Waals surface area contributed by atoms with Crippen molar-refractivity contribution in [3.8, 4) is 0 Å². The summed E-state index contributed by atoms with van der Waals surface area (Å²) in [5.74, 6) is -0.501. The van der Waals surface area contributed by atoms with E-state index in [-0.39, 0.29) is 26.2 Å². The molecule has 22 heavy (non-hydrogen) atoms. The first-order valence-electron chi connectivity index (χ1n) is 7.27. The molecule has 0 heterocycles. The molecule has 0 amide bonds. The molecule has 0 bridgehead atoms. The van der Waals surface area contributed by atoms with Crippen molar-refractivity contribution in [2.24, 2.45) is 0 Å². The second-order valence-corrected chi connectivity index (χ2v) is 7.52. The van der Waals surface area contributed by atoms with Gasteiger partial charge < -0.3 is 23.2 Å². The Hall–Kier alpha value is -0.720. The second-order valence-electron chi connectivity index (χ2n) is 6.10. The van der Waals surface area contributed by atoms with Crippen LogP contribution >= 0.6 is 7.82 Å². The number of quaternary nitrogens is 1. The van der Waals surface area contributed by atoms with Gasteiger partial charge in [0, 0.05) is 12.0 Å². The van der Waals surface area contributed by atoms with Crippen molar-refractivity contribution in [3.63, 3.8) is 0 Å². The molecule has 7 nitrogen and oxygen atoms in total. The summed E-state index contributed by atoms with van der Waals surface area (Å²) in [6, 6.07) is 0. The lowest BCUT2D eigenvalue weighted by Crippen LogP contribution is -2.35. The number of ether oxygens (including phenoxy) is 1. The second kappa shape index (κ2) is 10.1. The van der Waals surface area contributed by atoms with Crippen LogP contribution in [0.25, 0.3) is 0 Å². The van der Waals surface area contributed by atoms with Crippen LogP contribution < -0.4 is 4.89 Å². The summed E-state index contributed by atoms with van der Waals surface area (Å²) in [7, 11) is 1.95. The van der Waals surface area contributed by atoms with Crippen LogP contribution in [0.5, 0.6) is 0 Å². The summed E-state index contributed by atoms with van der Waals surface area (Å²) in [6.07, 6.45) is 1.80. The molecule has 8 heteroatoms. The molecule has 0 saturated heterocycles. The molecule has 0 radical (unpaired) electrons. The lowest BCUT2D eigenvalue weighted by molar-refractivity contribution is -0.870. The Kier molecular flexibility index (Phi) is 9.80. The van der Waals surface area contributed by atoms with Crippen molar-refractivity contribution in [3.05, 3.63) is 12.2 Å². The summed E-state index contributed by atoms with van der Waals surface area (Å²) in [6.45, 7) is 6.04. The molecule has 0 saturated carbocycles. The maximum atomic E-state index is 11.5. The van der Waals surface area contributed by atoms with Crippen molar-refractivity contribution in [1.82, 2.24) is 0 Å². The zero-order chi connectivity index (χ0) is 17.2. The Labute approximate surface area is 133 Å². The minimum atomic E-state index is -4.27. The highest BCUT2D eigenvalue weighted by Crippen LogP contribution is 2.38. The molecule has 1 unspecified atom stereocenters. The van der Waals surface area contributed by atoms with Gasteiger partial charge in [0.05, 0.1) is 47.5 Å². The Morgan fingerprint density at radius 1 is 1.09 bits per heavy atom. The first-order valence-corrected chi connectivity index (χ1v) is 8.73. The van der Waals surface area contributed by atoms with Gasteiger partial charge in [0.2, 0.25) is 0 Å². The normalized spacial score (nSPS) is 14.4. The Bertz CT molecular complexity index is 405. The van der Waals surface area contributed by atoms with E-state index < -0.39 is 13.8 Å². The molecule has 0 fully saturated rings. The Morgan fingerprint density at radius 2 is 1.64 bits per heavy atom. The highest BCUT2D eigenvalue weighted by molar-refractivity contribution is 7.45. The predicted molar refractivity (Wildman–Crippen MR) is 82.0 cm³/mol. The average molecular weight is 337 g/mol. The van der Waals surface area contributed by atoms with E-state index in [1.54, 1.807) is 0 Å². The van der Waals surface area contributed by atoms with E-state index in [1.165, 1.54) is 6.92 Å². The number of unbranched alkanes of at least 4 members (excludes halogenated alkanes) is 1. The van der Waals surface area contributed by atoms with Crippen LogP contribution in [0.15, 0.2) is 12.2 Å². The summed E-state index contributed by atoms with van der Waals surface area (Å²) >= 11 is 0. The van der Waals surface area contributed by atoms with E-state index in [0.29, 0.717) is 12.0 Å². The first kappa shape index (κ1) is 21.3. The van der Waals surface area contributed by atoms with Crippen LogP contribution in [0.1, 0.15) is 26.2 Å². The average Bonchev–Trinajstić information content (AvgIpc) is 2.35. The number of nitrogens with zero attached hydrogens (tertiary/aromatic N) is 1. The number of esters is 1. The molecule has 0 N–H and O–H groups in total. The molecule has 0 aromatic heterocycles. The van der Waals surface area contributed by atoms with Gasteiger partial charge in [-0.25, -0.2) is 4.79 Å². The molecule has 1 atom stereocenters. The molecule has 130 valence electrons. The van der Waals surface area contributed by atoms with E-state index in [9.17, 15) is 14.3 Å². The molecule has 0 spiro atoms. The third-order valence-corrected chi connectivity index (χ3v) is 3.59. The van der Waals surface area contributed by atoms with Gasteiger partial charge >= 0.3 is 5.97 Å². The molecular formula is C14H28NO6P. The molecular weight excluding hydrogens is 309 g/mol. The van der Waals surface area contributed by atoms with Gasteiger partial charge in [-0.05, 0) is 19.8 Å². The maximum absolute atomic E-state index is 11.5. The van der Waals surface area contributed by atoms with Gasteiger partial charge in [0.1, 0.15) is 0 Å². The standard InChI is InChI=1S/C14H28NO6P/c1-13(2)14(16)19-10-8-12-21-22(17,18)20-11-7-6-9-15(3,4)5/h1,6-12H2,2-5H3. The van der Waals surface area contributed by atoms with Crippen molar-refractivity contribution in [1.29, 1.82) is 0 Å². The van der Waals surface area contributed by atoms with Crippen molar-refractivity contribution in [2.45, 2.75) is 26.2 Å². The van der Waals surface area contributed by atoms with Crippen LogP contribution in [0.3, 0.4) is 0 Å². The minimum Gasteiger partial charge on any atom is -0.756 e. The zero-order valence-electron chi connectivity index (χ0n) is 14.0. The minimum absolute atomic E-state index is 0.0786. The van der Waals surface area contributed by atoms with Crippen LogP contribution in [0.4, 0.5) is 0 Å². The first-order chi connectivity index (χ1) is 10.0. The molecule has 0 aliphatic rings. The molecule has 0 aromatic carbocycles. The summed E-state index contributed by atoms with van der Waals surface area (Å²) in [5.41, 5.74) is 0.299. The van der Waals surface area contributed by atoms with E-state index in [1.807, 2.05) is 0 Å². The van der Waals surface area contributed by atoms with Gasteiger partial charge in [-0.3, -0.25) is 4.57 Å². The van der Waals surface area contributed by atoms with E-state index >= 15 is 0 Å². The van der Waals surface area contributed by atoms with Crippen molar-refractivity contribution >= 4 is 13.8 Å². The Morgan fingerprint density at radius 3 is 2.14 bits per heavy atom. The Balaban J connectivity index is 3.67. The maximum Gasteiger partial charge on any atom is 0.333 e. The van der Waals surface area contributed by atoms with Crippen LogP contribution in [-0.2, 0) is 23.1 Å². The number of hydrogen-bond donors (Lipinski definition) is 0. The molecule has 0 aliphatic heterocycles. The molecule has 0 aromatic rings. The quantitative estimate of drug-likeness (QED) is 0.176. The largest absolute Gasteiger partial charge is 0.756 e. The number of rotatable bonds is 12. The fraction of sp³-hybridized carbons (Fsp3) is 0.786. The smallest absolute Gasteiger partial charge is 0.333 e. The number of hydrogen-bond acceptors (Lipinski definition) is 6. The third kappa shape index (κ3) is 13.0. The summed E-state index contributed by atoms with van der Waals surface area (Å²) in [5, 5.41) is 0. The van der Waals surface area contributed by atoms with Crippen molar-refractivity contribution < 1.29 is 32.5 Å². The zero-order valence-corrected chi connectivity index (χ0v) is 14.9. The fourth-order valence-electron chi connectivity index (χ4n) is 1.43. The SMILES string of the molecule is C=C(C)C(=O)OCCCOP(=O)([O-])OCCCC[N+](C)(C)C. The van der Waals surface area contributed by atoms with Gasteiger partial charge in [-0.2, -0.15) is 0 Å². The van der Waals surface area contributed by atoms with Crippen LogP contribution in [0, 0.1) is 0 Å². The lowest BCUT2D eigenvalue weighted by Gasteiger charge is -2.25. The van der Waals surface area contributed by atoms with Gasteiger partial charge in [0.25, 0.3) is 7.82 Å². The predicted octanol–water partition coefficient (Wildman–Crippen LogP) is 1.48. The number of carbonyl (C=O) groups excluding carboxylic acids is 1. The number of phosphoric acid groups is 1. The highest BCUT2D eigenvalue weighted by atomic mass is 31.2. The van der Waals surface area contributed by atoms with E-state index in [0.717, 1.165) is 17.4 Å². The van der Waals surface area contributed by atoms with E-state index in [4.69, 9.17) is 9.26 Å². The number of carbonyl (C=O) groups is 1. The molecule has 0 aliphatic carbocycles. The number of phosphoric ester groups is 1. The topological polar surface area (TPSA) is 84.9 Å². The monoisotopic (exact) mass is 337 g/mol. The summed E-state index contributed by atoms with van der Waals surface area (Å²) < 4.78 is 26.5.